The van der Waals surface area contributed by atoms with E-state index in [4.69, 9.17) is 0 Å². The number of carbonyl (C=O) groups is 3. The third kappa shape index (κ3) is 2.94. The minimum Gasteiger partial charge on any atom is -0.343 e. The summed E-state index contributed by atoms with van der Waals surface area (Å²) in [6.45, 7) is 5.79. The largest absolute Gasteiger partial charge is 0.343 e. The zero-order valence-corrected chi connectivity index (χ0v) is 12.2. The third-order valence-corrected chi connectivity index (χ3v) is 4.25. The molecule has 20 heavy (non-hydrogen) atoms. The van der Waals surface area contributed by atoms with Crippen molar-refractivity contribution in [2.24, 2.45) is 5.92 Å². The highest BCUT2D eigenvalue weighted by Gasteiger charge is 2.39. The fourth-order valence-electron chi connectivity index (χ4n) is 2.73. The lowest BCUT2D eigenvalue weighted by molar-refractivity contribution is -0.128. The lowest BCUT2D eigenvalue weighted by atomic mass is 9.99. The summed E-state index contributed by atoms with van der Waals surface area (Å²) in [5.74, 6) is 0.202. The van der Waals surface area contributed by atoms with Gasteiger partial charge in [-0.1, -0.05) is 20.3 Å². The highest BCUT2D eigenvalue weighted by atomic mass is 16.2. The summed E-state index contributed by atoms with van der Waals surface area (Å²) in [6, 6.07) is -0.686. The van der Waals surface area contributed by atoms with Gasteiger partial charge >= 0.3 is 6.03 Å². The van der Waals surface area contributed by atoms with Crippen LogP contribution in [0.1, 0.15) is 39.5 Å². The third-order valence-electron chi connectivity index (χ3n) is 4.25. The summed E-state index contributed by atoms with van der Waals surface area (Å²) >= 11 is 0. The van der Waals surface area contributed by atoms with E-state index in [9.17, 15) is 14.4 Å². The highest BCUT2D eigenvalue weighted by molar-refractivity contribution is 6.04. The average Bonchev–Trinajstić information content (AvgIpc) is 2.95. The quantitative estimate of drug-likeness (QED) is 0.737. The van der Waals surface area contributed by atoms with Gasteiger partial charge in [-0.25, -0.2) is 4.79 Å². The van der Waals surface area contributed by atoms with E-state index >= 15 is 0 Å². The Labute approximate surface area is 119 Å². The first-order chi connectivity index (χ1) is 9.54. The van der Waals surface area contributed by atoms with Gasteiger partial charge in [0, 0.05) is 26.1 Å². The fraction of sp³-hybridized carbons (Fsp3) is 0.786. The van der Waals surface area contributed by atoms with Gasteiger partial charge in [0.2, 0.25) is 5.91 Å². The SMILES string of the molecule is CC[C@H](C)[C@@H]1NC(=O)N(CCCN2CCCC2=O)C1=O. The van der Waals surface area contributed by atoms with Gasteiger partial charge < -0.3 is 10.2 Å². The number of imide groups is 1. The molecule has 0 saturated carbocycles. The lowest BCUT2D eigenvalue weighted by Gasteiger charge is -2.18. The molecule has 6 heteroatoms. The maximum absolute atomic E-state index is 12.2. The molecule has 2 fully saturated rings. The van der Waals surface area contributed by atoms with Crippen LogP contribution in [0.4, 0.5) is 4.79 Å². The Morgan fingerprint density at radius 1 is 1.30 bits per heavy atom. The van der Waals surface area contributed by atoms with Crippen LogP contribution in [0, 0.1) is 5.92 Å². The fourth-order valence-corrected chi connectivity index (χ4v) is 2.73. The van der Waals surface area contributed by atoms with Gasteiger partial charge in [-0.05, 0) is 18.8 Å². The molecular weight excluding hydrogens is 258 g/mol. The Morgan fingerprint density at radius 3 is 2.65 bits per heavy atom. The van der Waals surface area contributed by atoms with Gasteiger partial charge in [-0.15, -0.1) is 0 Å². The van der Waals surface area contributed by atoms with Crippen LogP contribution in [0.25, 0.3) is 0 Å². The predicted octanol–water partition coefficient (Wildman–Crippen LogP) is 0.965. The molecule has 2 aliphatic heterocycles. The first-order valence-electron chi connectivity index (χ1n) is 7.44. The van der Waals surface area contributed by atoms with E-state index in [0.717, 1.165) is 19.4 Å². The van der Waals surface area contributed by atoms with E-state index in [1.807, 2.05) is 18.7 Å². The number of likely N-dealkylation sites (tertiary alicyclic amines) is 1. The van der Waals surface area contributed by atoms with Crippen molar-refractivity contribution in [1.82, 2.24) is 15.1 Å². The molecule has 0 aromatic heterocycles. The molecule has 2 atom stereocenters. The van der Waals surface area contributed by atoms with Crippen LogP contribution >= 0.6 is 0 Å². The maximum atomic E-state index is 12.2. The molecule has 0 aromatic carbocycles. The number of nitrogens with one attached hydrogen (secondary N) is 1. The minimum absolute atomic E-state index is 0.128. The van der Waals surface area contributed by atoms with Crippen molar-refractivity contribution in [2.45, 2.75) is 45.6 Å². The summed E-state index contributed by atoms with van der Waals surface area (Å²) in [5.41, 5.74) is 0. The molecule has 2 heterocycles. The monoisotopic (exact) mass is 281 g/mol. The molecule has 0 radical (unpaired) electrons. The van der Waals surface area contributed by atoms with Crippen molar-refractivity contribution >= 4 is 17.8 Å². The number of hydrogen-bond donors (Lipinski definition) is 1. The maximum Gasteiger partial charge on any atom is 0.324 e. The van der Waals surface area contributed by atoms with E-state index in [-0.39, 0.29) is 29.8 Å². The number of hydrogen-bond acceptors (Lipinski definition) is 3. The first-order valence-corrected chi connectivity index (χ1v) is 7.44. The molecule has 0 aromatic rings. The van der Waals surface area contributed by atoms with Crippen molar-refractivity contribution in [2.75, 3.05) is 19.6 Å². The Balaban J connectivity index is 1.82. The van der Waals surface area contributed by atoms with Gasteiger partial charge in [0.25, 0.3) is 5.91 Å². The van der Waals surface area contributed by atoms with Crippen LogP contribution in [-0.2, 0) is 9.59 Å². The topological polar surface area (TPSA) is 69.7 Å². The van der Waals surface area contributed by atoms with E-state index in [2.05, 4.69) is 5.32 Å². The minimum atomic E-state index is -0.388. The zero-order chi connectivity index (χ0) is 14.7. The molecule has 2 aliphatic rings. The van der Waals surface area contributed by atoms with Crippen molar-refractivity contribution in [3.8, 4) is 0 Å². The van der Waals surface area contributed by atoms with E-state index in [0.29, 0.717) is 25.9 Å². The second kappa shape index (κ2) is 6.24. The number of urea groups is 1. The van der Waals surface area contributed by atoms with Gasteiger partial charge in [0.1, 0.15) is 6.04 Å². The zero-order valence-electron chi connectivity index (χ0n) is 12.2. The molecule has 1 N–H and O–H groups in total. The molecule has 0 bridgehead atoms. The van der Waals surface area contributed by atoms with Gasteiger partial charge in [0.15, 0.2) is 0 Å². The number of rotatable bonds is 6. The van der Waals surface area contributed by atoms with Crippen LogP contribution in [-0.4, -0.2) is 53.3 Å². The normalized spacial score (nSPS) is 24.5. The number of nitrogens with zero attached hydrogens (tertiary/aromatic N) is 2. The molecule has 4 amide bonds. The lowest BCUT2D eigenvalue weighted by Crippen LogP contribution is -2.36. The molecule has 112 valence electrons. The Hall–Kier alpha value is -1.59. The second-order valence-electron chi connectivity index (χ2n) is 5.64. The summed E-state index contributed by atoms with van der Waals surface area (Å²) in [5, 5.41) is 2.75. The molecule has 0 aliphatic carbocycles. The van der Waals surface area contributed by atoms with Crippen LogP contribution in [0.5, 0.6) is 0 Å². The molecule has 6 nitrogen and oxygen atoms in total. The van der Waals surface area contributed by atoms with Gasteiger partial charge in [0.05, 0.1) is 0 Å². The molecule has 2 rings (SSSR count). The second-order valence-corrected chi connectivity index (χ2v) is 5.64. The summed E-state index contributed by atoms with van der Waals surface area (Å²) < 4.78 is 0. The molecular formula is C14H23N3O3. The van der Waals surface area contributed by atoms with Crippen molar-refractivity contribution < 1.29 is 14.4 Å². The molecule has 2 saturated heterocycles. The predicted molar refractivity (Wildman–Crippen MR) is 73.9 cm³/mol. The number of amides is 4. The Morgan fingerprint density at radius 2 is 2.05 bits per heavy atom. The van der Waals surface area contributed by atoms with Crippen molar-refractivity contribution in [1.29, 1.82) is 0 Å². The van der Waals surface area contributed by atoms with Crippen LogP contribution in [0.3, 0.4) is 0 Å². The van der Waals surface area contributed by atoms with Crippen LogP contribution < -0.4 is 5.32 Å². The summed E-state index contributed by atoms with van der Waals surface area (Å²) in [7, 11) is 0. The average molecular weight is 281 g/mol. The van der Waals surface area contributed by atoms with Crippen LogP contribution in [0.2, 0.25) is 0 Å². The van der Waals surface area contributed by atoms with E-state index in [1.54, 1.807) is 0 Å². The standard InChI is InChI=1S/C14H23N3O3/c1-3-10(2)12-13(19)17(14(20)15-12)9-5-8-16-7-4-6-11(16)18/h10,12H,3-9H2,1-2H3,(H,15,20)/t10-,12-/m0/s1. The molecule has 0 unspecified atom stereocenters. The Kier molecular flexibility index (Phi) is 4.62. The summed E-state index contributed by atoms with van der Waals surface area (Å²) in [6.07, 6.45) is 3.04. The first kappa shape index (κ1) is 14.8. The smallest absolute Gasteiger partial charge is 0.324 e. The number of carbonyl (C=O) groups excluding carboxylic acids is 3. The van der Waals surface area contributed by atoms with Crippen LogP contribution in [0.15, 0.2) is 0 Å². The van der Waals surface area contributed by atoms with E-state index < -0.39 is 0 Å². The van der Waals surface area contributed by atoms with Crippen molar-refractivity contribution in [3.63, 3.8) is 0 Å². The Bertz CT molecular complexity index is 410. The van der Waals surface area contributed by atoms with Crippen molar-refractivity contribution in [3.05, 3.63) is 0 Å². The van der Waals surface area contributed by atoms with E-state index in [1.165, 1.54) is 4.90 Å². The summed E-state index contributed by atoms with van der Waals surface area (Å²) in [4.78, 5) is 38.6. The van der Waals surface area contributed by atoms with Gasteiger partial charge in [-0.2, -0.15) is 0 Å². The molecule has 0 spiro atoms. The van der Waals surface area contributed by atoms with Gasteiger partial charge in [-0.3, -0.25) is 14.5 Å². The highest BCUT2D eigenvalue weighted by Crippen LogP contribution is 2.17.